The Balaban J connectivity index is 0.961. The second-order valence-electron chi connectivity index (χ2n) is 14.7. The van der Waals surface area contributed by atoms with E-state index in [0.29, 0.717) is 18.9 Å². The number of rotatable bonds is 8. The molecule has 2 fully saturated rings. The van der Waals surface area contributed by atoms with Crippen molar-refractivity contribution < 1.29 is 14.3 Å². The molecule has 0 spiro atoms. The molecule has 262 valence electrons. The molecule has 4 heterocycles. The predicted molar refractivity (Wildman–Crippen MR) is 198 cm³/mol. The topological polar surface area (TPSA) is 107 Å². The van der Waals surface area contributed by atoms with Gasteiger partial charge < -0.3 is 19.6 Å². The lowest BCUT2D eigenvalue weighted by Gasteiger charge is -2.24. The molecular formula is C42H46N6O3. The minimum atomic E-state index is -0.303. The summed E-state index contributed by atoms with van der Waals surface area (Å²) in [5.74, 6) is 2.31. The van der Waals surface area contributed by atoms with E-state index in [1.807, 2.05) is 41.4 Å². The number of benzene rings is 3. The fourth-order valence-corrected chi connectivity index (χ4v) is 8.04. The third kappa shape index (κ3) is 6.81. The van der Waals surface area contributed by atoms with Crippen LogP contribution in [-0.2, 0) is 29.0 Å². The summed E-state index contributed by atoms with van der Waals surface area (Å²) >= 11 is 0. The molecule has 0 unspecified atom stereocenters. The Kier molecular flexibility index (Phi) is 9.19. The molecule has 51 heavy (non-hydrogen) atoms. The molecule has 2 amide bonds. The highest BCUT2D eigenvalue weighted by molar-refractivity contribution is 5.78. The lowest BCUT2D eigenvalue weighted by molar-refractivity contribution is -0.133. The van der Waals surface area contributed by atoms with Gasteiger partial charge in [0.1, 0.15) is 18.3 Å². The van der Waals surface area contributed by atoms with E-state index in [2.05, 4.69) is 66.3 Å². The Morgan fingerprint density at radius 1 is 0.824 bits per heavy atom. The molecule has 9 heteroatoms. The quantitative estimate of drug-likeness (QED) is 0.170. The second-order valence-corrected chi connectivity index (χ2v) is 14.7. The van der Waals surface area contributed by atoms with Crippen molar-refractivity contribution in [2.45, 2.75) is 83.9 Å². The van der Waals surface area contributed by atoms with Crippen LogP contribution in [0, 0.1) is 5.92 Å². The van der Waals surface area contributed by atoms with Crippen molar-refractivity contribution in [3.8, 4) is 33.6 Å². The van der Waals surface area contributed by atoms with Crippen molar-refractivity contribution in [1.29, 1.82) is 0 Å². The summed E-state index contributed by atoms with van der Waals surface area (Å²) in [6.45, 7) is 5.94. The summed E-state index contributed by atoms with van der Waals surface area (Å²) in [5, 5.41) is 0. The fraction of sp³-hybridized carbons (Fsp3) is 0.381. The normalized spacial score (nSPS) is 18.5. The standard InChI is InChI=1S/C42H46N6O3/c1-27(2)23-38(49)47-21-7-14-37(47)41-44-34-12-6-11-32-24-31(19-20-33(32)39(34)46-41)29-15-17-30(18-16-29)35-25-43-40(45-35)36-13-8-22-48(36)42(50)51-26-28-9-4-3-5-10-28/h3-5,9-10,15-20,24-25,27,36-37H,6-8,11-14,21-23,26H2,1-2H3,(H,43,45)(H,44,46)/t36-,37-/m0/s1. The van der Waals surface area contributed by atoms with Crippen molar-refractivity contribution in [3.63, 3.8) is 0 Å². The van der Waals surface area contributed by atoms with Crippen molar-refractivity contribution in [2.75, 3.05) is 13.1 Å². The number of carbonyl (C=O) groups excluding carboxylic acids is 2. The second kappa shape index (κ2) is 14.2. The van der Waals surface area contributed by atoms with Crippen LogP contribution in [0.15, 0.2) is 79.0 Å². The molecule has 0 bridgehead atoms. The number of hydrogen-bond acceptors (Lipinski definition) is 5. The summed E-state index contributed by atoms with van der Waals surface area (Å²) in [6, 6.07) is 25.0. The van der Waals surface area contributed by atoms with E-state index in [9.17, 15) is 9.59 Å². The minimum absolute atomic E-state index is 0.0360. The monoisotopic (exact) mass is 682 g/mol. The van der Waals surface area contributed by atoms with Crippen LogP contribution < -0.4 is 0 Å². The summed E-state index contributed by atoms with van der Waals surface area (Å²) in [4.78, 5) is 46.9. The van der Waals surface area contributed by atoms with Gasteiger partial charge in [0.05, 0.1) is 29.7 Å². The number of aryl methyl sites for hydroxylation is 2. The van der Waals surface area contributed by atoms with Gasteiger partial charge >= 0.3 is 6.09 Å². The van der Waals surface area contributed by atoms with Crippen LogP contribution in [0.2, 0.25) is 0 Å². The first-order valence-corrected chi connectivity index (χ1v) is 18.6. The Morgan fingerprint density at radius 3 is 2.33 bits per heavy atom. The largest absolute Gasteiger partial charge is 0.445 e. The predicted octanol–water partition coefficient (Wildman–Crippen LogP) is 8.81. The Bertz CT molecular complexity index is 2010. The van der Waals surface area contributed by atoms with Crippen LogP contribution >= 0.6 is 0 Å². The number of likely N-dealkylation sites (tertiary alicyclic amines) is 2. The number of amides is 2. The van der Waals surface area contributed by atoms with Gasteiger partial charge in [-0.25, -0.2) is 14.8 Å². The summed E-state index contributed by atoms with van der Waals surface area (Å²) in [6.07, 6.45) is 8.88. The van der Waals surface area contributed by atoms with E-state index < -0.39 is 0 Å². The molecule has 2 aliphatic heterocycles. The highest BCUT2D eigenvalue weighted by Crippen LogP contribution is 2.38. The van der Waals surface area contributed by atoms with Crippen molar-refractivity contribution in [1.82, 2.24) is 29.7 Å². The maximum absolute atomic E-state index is 13.0. The molecule has 2 saturated heterocycles. The fourth-order valence-electron chi connectivity index (χ4n) is 8.04. The number of hydrogen-bond donors (Lipinski definition) is 2. The molecule has 3 aromatic carbocycles. The molecule has 2 atom stereocenters. The molecule has 3 aliphatic rings. The molecule has 0 radical (unpaired) electrons. The van der Waals surface area contributed by atoms with Crippen LogP contribution in [0.4, 0.5) is 4.79 Å². The van der Waals surface area contributed by atoms with E-state index in [-0.39, 0.29) is 30.7 Å². The highest BCUT2D eigenvalue weighted by atomic mass is 16.6. The number of nitrogens with one attached hydrogen (secondary N) is 2. The van der Waals surface area contributed by atoms with Crippen LogP contribution in [0.25, 0.3) is 33.6 Å². The van der Waals surface area contributed by atoms with E-state index >= 15 is 0 Å². The number of aromatic amines is 2. The van der Waals surface area contributed by atoms with Gasteiger partial charge in [0.2, 0.25) is 5.91 Å². The number of H-pyrrole nitrogens is 2. The van der Waals surface area contributed by atoms with Gasteiger partial charge in [-0.15, -0.1) is 0 Å². The number of imidazole rings is 2. The lowest BCUT2D eigenvalue weighted by atomic mass is 9.95. The first-order chi connectivity index (χ1) is 24.9. The van der Waals surface area contributed by atoms with Gasteiger partial charge in [0, 0.05) is 30.8 Å². The molecule has 0 saturated carbocycles. The van der Waals surface area contributed by atoms with Crippen LogP contribution in [0.3, 0.4) is 0 Å². The number of ether oxygens (including phenoxy) is 1. The van der Waals surface area contributed by atoms with Gasteiger partial charge in [-0.1, -0.05) is 86.6 Å². The zero-order valence-corrected chi connectivity index (χ0v) is 29.5. The summed E-state index contributed by atoms with van der Waals surface area (Å²) < 4.78 is 5.64. The zero-order chi connectivity index (χ0) is 34.9. The van der Waals surface area contributed by atoms with Crippen molar-refractivity contribution >= 4 is 12.0 Å². The Morgan fingerprint density at radius 2 is 1.55 bits per heavy atom. The lowest BCUT2D eigenvalue weighted by Crippen LogP contribution is -2.31. The van der Waals surface area contributed by atoms with E-state index in [0.717, 1.165) is 91.2 Å². The van der Waals surface area contributed by atoms with Gasteiger partial charge in [0.15, 0.2) is 0 Å². The molecule has 2 N–H and O–H groups in total. The van der Waals surface area contributed by atoms with E-state index in [1.165, 1.54) is 22.4 Å². The van der Waals surface area contributed by atoms with Crippen LogP contribution in [0.1, 0.15) is 92.9 Å². The number of aromatic nitrogens is 4. The Labute approximate surface area is 299 Å². The zero-order valence-electron chi connectivity index (χ0n) is 29.5. The molecule has 2 aromatic heterocycles. The van der Waals surface area contributed by atoms with E-state index in [1.54, 1.807) is 4.90 Å². The van der Waals surface area contributed by atoms with E-state index in [4.69, 9.17) is 14.7 Å². The number of carbonyl (C=O) groups is 2. The van der Waals surface area contributed by atoms with Crippen molar-refractivity contribution in [2.24, 2.45) is 5.92 Å². The first-order valence-electron chi connectivity index (χ1n) is 18.6. The SMILES string of the molecule is CC(C)CC(=O)N1CCC[C@H]1c1nc2c([nH]1)CCCc1cc(-c3ccc(-c4cnc([C@@H]5CCCN5C(=O)OCc5ccccc5)[nH]4)cc3)ccc1-2. The third-order valence-electron chi connectivity index (χ3n) is 10.6. The Hall–Kier alpha value is -5.18. The maximum atomic E-state index is 13.0. The van der Waals surface area contributed by atoms with Crippen molar-refractivity contribution in [3.05, 3.63) is 107 Å². The maximum Gasteiger partial charge on any atom is 0.410 e. The molecular weight excluding hydrogens is 637 g/mol. The minimum Gasteiger partial charge on any atom is -0.445 e. The number of nitrogens with zero attached hydrogens (tertiary/aromatic N) is 4. The average Bonchev–Trinajstić information content (AvgIpc) is 3.97. The third-order valence-corrected chi connectivity index (χ3v) is 10.6. The highest BCUT2D eigenvalue weighted by Gasteiger charge is 2.34. The summed E-state index contributed by atoms with van der Waals surface area (Å²) in [7, 11) is 0. The first kappa shape index (κ1) is 33.0. The molecule has 9 nitrogen and oxygen atoms in total. The van der Waals surface area contributed by atoms with Gasteiger partial charge in [-0.3, -0.25) is 9.69 Å². The van der Waals surface area contributed by atoms with Gasteiger partial charge in [0.25, 0.3) is 0 Å². The van der Waals surface area contributed by atoms with Crippen LogP contribution in [-0.4, -0.2) is 54.8 Å². The van der Waals surface area contributed by atoms with Crippen LogP contribution in [0.5, 0.6) is 0 Å². The molecule has 8 rings (SSSR count). The molecule has 5 aromatic rings. The molecule has 1 aliphatic carbocycles. The number of fused-ring (bicyclic) bond motifs is 3. The van der Waals surface area contributed by atoms with Gasteiger partial charge in [-0.2, -0.15) is 0 Å². The smallest absolute Gasteiger partial charge is 0.410 e. The van der Waals surface area contributed by atoms with Gasteiger partial charge in [-0.05, 0) is 78.7 Å². The average molecular weight is 683 g/mol. The summed E-state index contributed by atoms with van der Waals surface area (Å²) in [5.41, 5.74) is 10.0.